The van der Waals surface area contributed by atoms with Gasteiger partial charge in [-0.2, -0.15) is 0 Å². The fourth-order valence-electron chi connectivity index (χ4n) is 2.32. The number of hydrogen-bond donors (Lipinski definition) is 3. The van der Waals surface area contributed by atoms with Gasteiger partial charge in [0.25, 0.3) is 5.91 Å². The summed E-state index contributed by atoms with van der Waals surface area (Å²) in [5, 5.41) is 21.2. The van der Waals surface area contributed by atoms with Crippen molar-refractivity contribution in [2.45, 2.75) is 6.61 Å². The molecule has 0 radical (unpaired) electrons. The van der Waals surface area contributed by atoms with Crippen molar-refractivity contribution in [2.75, 3.05) is 5.32 Å². The minimum Gasteiger partial charge on any atom is -0.507 e. The molecule has 0 saturated heterocycles. The number of nitrogens with one attached hydrogen (secondary N) is 1. The van der Waals surface area contributed by atoms with Gasteiger partial charge in [-0.15, -0.1) is 0 Å². The van der Waals surface area contributed by atoms with E-state index in [1.165, 1.54) is 30.5 Å². The highest BCUT2D eigenvalue weighted by atomic mass is 79.9. The number of hydrogen-bond acceptors (Lipinski definition) is 5. The quantitative estimate of drug-likeness (QED) is 0.537. The van der Waals surface area contributed by atoms with Gasteiger partial charge < -0.3 is 24.7 Å². The van der Waals surface area contributed by atoms with Gasteiger partial charge in [0.2, 0.25) is 0 Å². The van der Waals surface area contributed by atoms with E-state index in [9.17, 15) is 14.7 Å². The van der Waals surface area contributed by atoms with Crippen molar-refractivity contribution >= 4 is 33.5 Å². The maximum absolute atomic E-state index is 12.5. The van der Waals surface area contributed by atoms with Gasteiger partial charge in [-0.3, -0.25) is 4.79 Å². The van der Waals surface area contributed by atoms with Crippen LogP contribution in [0.2, 0.25) is 0 Å². The lowest BCUT2D eigenvalue weighted by Gasteiger charge is -2.08. The first-order valence-corrected chi connectivity index (χ1v) is 8.56. The molecule has 2 aromatic carbocycles. The van der Waals surface area contributed by atoms with E-state index in [0.717, 1.165) is 4.47 Å². The third kappa shape index (κ3) is 4.48. The van der Waals surface area contributed by atoms with Crippen molar-refractivity contribution in [3.8, 4) is 11.5 Å². The molecule has 0 aliphatic rings. The predicted molar refractivity (Wildman–Crippen MR) is 100 cm³/mol. The average Bonchev–Trinajstić information content (AvgIpc) is 3.10. The Bertz CT molecular complexity index is 980. The van der Waals surface area contributed by atoms with Crippen LogP contribution in [0.1, 0.15) is 26.5 Å². The number of carbonyl (C=O) groups excluding carboxylic acids is 1. The van der Waals surface area contributed by atoms with Crippen LogP contribution in [0.15, 0.2) is 63.7 Å². The second-order valence-corrected chi connectivity index (χ2v) is 6.41. The molecule has 138 valence electrons. The maximum Gasteiger partial charge on any atom is 0.339 e. The average molecular weight is 432 g/mol. The van der Waals surface area contributed by atoms with E-state index in [-0.39, 0.29) is 23.4 Å². The van der Waals surface area contributed by atoms with Crippen molar-refractivity contribution in [1.82, 2.24) is 0 Å². The Morgan fingerprint density at radius 3 is 2.48 bits per heavy atom. The van der Waals surface area contributed by atoms with E-state index in [4.69, 9.17) is 14.3 Å². The van der Waals surface area contributed by atoms with Crippen LogP contribution in [-0.2, 0) is 6.61 Å². The summed E-state index contributed by atoms with van der Waals surface area (Å²) in [6.07, 6.45) is 1.38. The highest BCUT2D eigenvalue weighted by molar-refractivity contribution is 9.10. The van der Waals surface area contributed by atoms with E-state index < -0.39 is 17.6 Å². The molecule has 0 atom stereocenters. The zero-order chi connectivity index (χ0) is 19.4. The Kier molecular flexibility index (Phi) is 5.46. The number of furan rings is 1. The normalized spacial score (nSPS) is 10.4. The van der Waals surface area contributed by atoms with Crippen LogP contribution in [0.3, 0.4) is 0 Å². The first-order valence-electron chi connectivity index (χ1n) is 7.76. The number of carbonyl (C=O) groups is 2. The minimum absolute atomic E-state index is 0.0561. The molecule has 0 aliphatic carbocycles. The Labute approximate surface area is 162 Å². The summed E-state index contributed by atoms with van der Waals surface area (Å²) in [6, 6.07) is 12.5. The number of aromatic carboxylic acids is 1. The number of rotatable bonds is 6. The largest absolute Gasteiger partial charge is 0.507 e. The fraction of sp³-hybridized carbons (Fsp3) is 0.0526. The van der Waals surface area contributed by atoms with Crippen LogP contribution in [0.5, 0.6) is 11.5 Å². The molecule has 1 amide bonds. The number of carboxylic acids is 1. The van der Waals surface area contributed by atoms with Crippen LogP contribution in [0, 0.1) is 0 Å². The number of carboxylic acid groups (broad SMARTS) is 1. The number of amides is 1. The monoisotopic (exact) mass is 431 g/mol. The lowest BCUT2D eigenvalue weighted by molar-refractivity contribution is 0.0693. The summed E-state index contributed by atoms with van der Waals surface area (Å²) >= 11 is 3.34. The standard InChI is InChI=1S/C19H14BrNO6/c20-11-1-4-13(5-2-11)27-10-17-15(7-8-26-17)18(23)21-12-3-6-14(19(24)25)16(22)9-12/h1-9,22H,10H2,(H,21,23)(H,24,25). The van der Waals surface area contributed by atoms with Crippen molar-refractivity contribution in [3.05, 3.63) is 76.2 Å². The van der Waals surface area contributed by atoms with E-state index in [0.29, 0.717) is 11.5 Å². The van der Waals surface area contributed by atoms with Gasteiger partial charge in [0.1, 0.15) is 23.7 Å². The number of halogens is 1. The van der Waals surface area contributed by atoms with Gasteiger partial charge >= 0.3 is 5.97 Å². The number of aromatic hydroxyl groups is 1. The van der Waals surface area contributed by atoms with Gasteiger partial charge in [-0.05, 0) is 42.5 Å². The number of anilines is 1. The lowest BCUT2D eigenvalue weighted by atomic mass is 10.1. The maximum atomic E-state index is 12.5. The van der Waals surface area contributed by atoms with Crippen molar-refractivity contribution in [3.63, 3.8) is 0 Å². The van der Waals surface area contributed by atoms with E-state index >= 15 is 0 Å². The molecule has 1 aromatic heterocycles. The highest BCUT2D eigenvalue weighted by Crippen LogP contribution is 2.23. The number of benzene rings is 2. The lowest BCUT2D eigenvalue weighted by Crippen LogP contribution is -2.14. The molecular formula is C19H14BrNO6. The molecule has 0 unspecified atom stereocenters. The molecule has 0 saturated carbocycles. The molecule has 8 heteroatoms. The minimum atomic E-state index is -1.26. The van der Waals surface area contributed by atoms with Gasteiger partial charge in [-0.25, -0.2) is 4.79 Å². The van der Waals surface area contributed by atoms with Gasteiger partial charge in [0, 0.05) is 16.2 Å². The van der Waals surface area contributed by atoms with Gasteiger partial charge in [0.15, 0.2) is 5.76 Å². The Balaban J connectivity index is 1.69. The summed E-state index contributed by atoms with van der Waals surface area (Å²) in [5.41, 5.74) is 0.275. The van der Waals surface area contributed by atoms with Crippen LogP contribution < -0.4 is 10.1 Å². The Morgan fingerprint density at radius 2 is 1.81 bits per heavy atom. The van der Waals surface area contributed by atoms with Crippen LogP contribution in [0.4, 0.5) is 5.69 Å². The first kappa shape index (κ1) is 18.5. The van der Waals surface area contributed by atoms with E-state index in [2.05, 4.69) is 21.2 Å². The van der Waals surface area contributed by atoms with Crippen LogP contribution >= 0.6 is 15.9 Å². The van der Waals surface area contributed by atoms with E-state index in [1.54, 1.807) is 12.1 Å². The molecular weight excluding hydrogens is 418 g/mol. The van der Waals surface area contributed by atoms with Crippen LogP contribution in [-0.4, -0.2) is 22.1 Å². The molecule has 0 spiro atoms. The van der Waals surface area contributed by atoms with Crippen molar-refractivity contribution in [2.24, 2.45) is 0 Å². The fourth-order valence-corrected chi connectivity index (χ4v) is 2.59. The molecule has 0 fully saturated rings. The van der Waals surface area contributed by atoms with Crippen molar-refractivity contribution in [1.29, 1.82) is 0 Å². The van der Waals surface area contributed by atoms with E-state index in [1.807, 2.05) is 12.1 Å². The van der Waals surface area contributed by atoms with Gasteiger partial charge in [0.05, 0.1) is 11.8 Å². The molecule has 0 bridgehead atoms. The summed E-state index contributed by atoms with van der Waals surface area (Å²) in [6.45, 7) is 0.0561. The predicted octanol–water partition coefficient (Wildman–Crippen LogP) is 4.28. The zero-order valence-corrected chi connectivity index (χ0v) is 15.4. The summed E-state index contributed by atoms with van der Waals surface area (Å²) in [7, 11) is 0. The smallest absolute Gasteiger partial charge is 0.339 e. The summed E-state index contributed by atoms with van der Waals surface area (Å²) < 4.78 is 11.9. The Hall–Kier alpha value is -3.26. The molecule has 7 nitrogen and oxygen atoms in total. The second kappa shape index (κ2) is 7.96. The third-order valence-corrected chi connectivity index (χ3v) is 4.19. The molecule has 0 aliphatic heterocycles. The second-order valence-electron chi connectivity index (χ2n) is 5.49. The van der Waals surface area contributed by atoms with Crippen LogP contribution in [0.25, 0.3) is 0 Å². The third-order valence-electron chi connectivity index (χ3n) is 3.66. The zero-order valence-electron chi connectivity index (χ0n) is 13.8. The topological polar surface area (TPSA) is 109 Å². The molecule has 1 heterocycles. The molecule has 3 N–H and O–H groups in total. The highest BCUT2D eigenvalue weighted by Gasteiger charge is 2.17. The summed E-state index contributed by atoms with van der Waals surface area (Å²) in [5.74, 6) is -1.21. The SMILES string of the molecule is O=C(O)c1ccc(NC(=O)c2ccoc2COc2ccc(Br)cc2)cc1O. The van der Waals surface area contributed by atoms with Crippen molar-refractivity contribution < 1.29 is 29.0 Å². The first-order chi connectivity index (χ1) is 12.9. The van der Waals surface area contributed by atoms with Gasteiger partial charge in [-0.1, -0.05) is 15.9 Å². The molecule has 27 heavy (non-hydrogen) atoms. The number of ether oxygens (including phenoxy) is 1. The molecule has 3 rings (SSSR count). The molecule has 3 aromatic rings. The Morgan fingerprint density at radius 1 is 1.07 bits per heavy atom. The summed E-state index contributed by atoms with van der Waals surface area (Å²) in [4.78, 5) is 23.4. The number of phenols is 1.